The van der Waals surface area contributed by atoms with Crippen LogP contribution in [-0.2, 0) is 6.18 Å². The van der Waals surface area contributed by atoms with Gasteiger partial charge in [0.1, 0.15) is 5.82 Å². The van der Waals surface area contributed by atoms with Crippen molar-refractivity contribution in [2.24, 2.45) is 0 Å². The summed E-state index contributed by atoms with van der Waals surface area (Å²) in [5, 5.41) is 5.69. The smallest absolute Gasteiger partial charge is 0.346 e. The van der Waals surface area contributed by atoms with Crippen LogP contribution in [0.25, 0.3) is 0 Å². The van der Waals surface area contributed by atoms with Gasteiger partial charge in [0.05, 0.1) is 11.6 Å². The van der Waals surface area contributed by atoms with Crippen LogP contribution in [0.1, 0.15) is 34.5 Å². The van der Waals surface area contributed by atoms with Crippen molar-refractivity contribution < 1.29 is 18.0 Å². The molecule has 0 saturated heterocycles. The molecule has 2 N–H and O–H groups in total. The molecule has 0 bridgehead atoms. The van der Waals surface area contributed by atoms with E-state index in [0.717, 1.165) is 17.7 Å². The Morgan fingerprint density at radius 1 is 1.00 bits per heavy atom. The fourth-order valence-electron chi connectivity index (χ4n) is 2.67. The lowest BCUT2D eigenvalue weighted by atomic mass is 10.1. The monoisotopic (exact) mass is 385 g/mol. The SMILES string of the molecule is CC(NC(=O)c1ccnc(Nc2cccc(C(F)(F)F)c2)c1)c1ccccc1. The molecule has 2 aromatic carbocycles. The Morgan fingerprint density at radius 2 is 1.75 bits per heavy atom. The molecule has 0 spiro atoms. The lowest BCUT2D eigenvalue weighted by molar-refractivity contribution is -0.137. The first-order valence-corrected chi connectivity index (χ1v) is 8.59. The van der Waals surface area contributed by atoms with Gasteiger partial charge < -0.3 is 10.6 Å². The zero-order valence-corrected chi connectivity index (χ0v) is 15.0. The van der Waals surface area contributed by atoms with Gasteiger partial charge in [-0.05, 0) is 42.8 Å². The Morgan fingerprint density at radius 3 is 2.46 bits per heavy atom. The van der Waals surface area contributed by atoms with Crippen molar-refractivity contribution in [2.45, 2.75) is 19.1 Å². The normalized spacial score (nSPS) is 12.3. The van der Waals surface area contributed by atoms with E-state index in [0.29, 0.717) is 5.56 Å². The molecule has 0 fully saturated rings. The maximum Gasteiger partial charge on any atom is 0.416 e. The topological polar surface area (TPSA) is 54.0 Å². The minimum atomic E-state index is -4.43. The first kappa shape index (κ1) is 19.4. The maximum atomic E-state index is 12.8. The summed E-state index contributed by atoms with van der Waals surface area (Å²) in [5.41, 5.74) is 0.792. The predicted molar refractivity (Wildman–Crippen MR) is 101 cm³/mol. The first-order chi connectivity index (χ1) is 13.3. The number of amides is 1. The molecule has 4 nitrogen and oxygen atoms in total. The number of carbonyl (C=O) groups excluding carboxylic acids is 1. The quantitative estimate of drug-likeness (QED) is 0.624. The number of aromatic nitrogens is 1. The summed E-state index contributed by atoms with van der Waals surface area (Å²) < 4.78 is 38.5. The summed E-state index contributed by atoms with van der Waals surface area (Å²) >= 11 is 0. The molecule has 3 aromatic rings. The molecule has 1 aromatic heterocycles. The molecule has 1 atom stereocenters. The average molecular weight is 385 g/mol. The molecule has 1 amide bonds. The lowest BCUT2D eigenvalue weighted by Gasteiger charge is -2.15. The number of anilines is 2. The summed E-state index contributed by atoms with van der Waals surface area (Å²) in [6, 6.07) is 17.1. The molecule has 144 valence electrons. The molecule has 3 rings (SSSR count). The molecule has 7 heteroatoms. The van der Waals surface area contributed by atoms with E-state index in [1.807, 2.05) is 37.3 Å². The molecule has 0 aliphatic rings. The minimum Gasteiger partial charge on any atom is -0.346 e. The number of nitrogens with one attached hydrogen (secondary N) is 2. The van der Waals surface area contributed by atoms with E-state index in [9.17, 15) is 18.0 Å². The second-order valence-corrected chi connectivity index (χ2v) is 6.24. The van der Waals surface area contributed by atoms with Crippen LogP contribution in [0.3, 0.4) is 0 Å². The van der Waals surface area contributed by atoms with Gasteiger partial charge in [0.25, 0.3) is 5.91 Å². The van der Waals surface area contributed by atoms with Crippen LogP contribution in [-0.4, -0.2) is 10.9 Å². The molecule has 1 heterocycles. The van der Waals surface area contributed by atoms with Crippen molar-refractivity contribution in [1.29, 1.82) is 0 Å². The highest BCUT2D eigenvalue weighted by atomic mass is 19.4. The van der Waals surface area contributed by atoms with Crippen LogP contribution >= 0.6 is 0 Å². The van der Waals surface area contributed by atoms with E-state index in [-0.39, 0.29) is 23.5 Å². The predicted octanol–water partition coefficient (Wildman–Crippen LogP) is 5.34. The molecule has 0 aliphatic heterocycles. The van der Waals surface area contributed by atoms with Crippen molar-refractivity contribution in [2.75, 3.05) is 5.32 Å². The number of pyridine rings is 1. The van der Waals surface area contributed by atoms with E-state index >= 15 is 0 Å². The van der Waals surface area contributed by atoms with Crippen LogP contribution in [0, 0.1) is 0 Å². The van der Waals surface area contributed by atoms with Gasteiger partial charge in [-0.3, -0.25) is 4.79 Å². The average Bonchev–Trinajstić information content (AvgIpc) is 2.68. The van der Waals surface area contributed by atoms with Crippen molar-refractivity contribution in [3.63, 3.8) is 0 Å². The third-order valence-corrected chi connectivity index (χ3v) is 4.13. The van der Waals surface area contributed by atoms with Crippen LogP contribution in [0.5, 0.6) is 0 Å². The molecule has 0 aliphatic carbocycles. The Kier molecular flexibility index (Phi) is 5.63. The lowest BCUT2D eigenvalue weighted by Crippen LogP contribution is -2.26. The summed E-state index contributed by atoms with van der Waals surface area (Å²) in [5.74, 6) is -0.0230. The van der Waals surface area contributed by atoms with E-state index in [1.54, 1.807) is 6.07 Å². The summed E-state index contributed by atoms with van der Waals surface area (Å²) in [6.07, 6.45) is -3.00. The van der Waals surface area contributed by atoms with Gasteiger partial charge >= 0.3 is 6.18 Å². The van der Waals surface area contributed by atoms with Crippen molar-refractivity contribution in [3.05, 3.63) is 89.6 Å². The molecular weight excluding hydrogens is 367 g/mol. The number of alkyl halides is 3. The van der Waals surface area contributed by atoms with Crippen LogP contribution in [0.2, 0.25) is 0 Å². The third kappa shape index (κ3) is 4.88. The summed E-state index contributed by atoms with van der Waals surface area (Å²) in [7, 11) is 0. The van der Waals surface area contributed by atoms with E-state index in [2.05, 4.69) is 15.6 Å². The van der Waals surface area contributed by atoms with E-state index in [1.165, 1.54) is 24.4 Å². The number of benzene rings is 2. The van der Waals surface area contributed by atoms with Crippen molar-refractivity contribution in [3.8, 4) is 0 Å². The standard InChI is InChI=1S/C21H18F3N3O/c1-14(15-6-3-2-4-7-15)26-20(28)16-10-11-25-19(12-16)27-18-9-5-8-17(13-18)21(22,23)24/h2-14H,1H3,(H,25,27)(H,26,28). The highest BCUT2D eigenvalue weighted by Crippen LogP contribution is 2.31. The number of hydrogen-bond acceptors (Lipinski definition) is 3. The zero-order chi connectivity index (χ0) is 20.1. The molecular formula is C21H18F3N3O. The Labute approximate surface area is 160 Å². The summed E-state index contributed by atoms with van der Waals surface area (Å²) in [4.78, 5) is 16.6. The minimum absolute atomic E-state index is 0.193. The molecule has 0 radical (unpaired) electrons. The van der Waals surface area contributed by atoms with Crippen LogP contribution in [0.15, 0.2) is 72.9 Å². The molecule has 28 heavy (non-hydrogen) atoms. The van der Waals surface area contributed by atoms with Crippen molar-refractivity contribution in [1.82, 2.24) is 10.3 Å². The van der Waals surface area contributed by atoms with Gasteiger partial charge in [0.2, 0.25) is 0 Å². The number of halogens is 3. The Balaban J connectivity index is 1.73. The Hall–Kier alpha value is -3.35. The maximum absolute atomic E-state index is 12.8. The van der Waals surface area contributed by atoms with Gasteiger partial charge in [-0.1, -0.05) is 36.4 Å². The number of rotatable bonds is 5. The number of hydrogen-bond donors (Lipinski definition) is 2. The van der Waals surface area contributed by atoms with Gasteiger partial charge in [0, 0.05) is 17.4 Å². The molecule has 1 unspecified atom stereocenters. The van der Waals surface area contributed by atoms with Crippen molar-refractivity contribution >= 4 is 17.4 Å². The highest BCUT2D eigenvalue weighted by molar-refractivity contribution is 5.95. The first-order valence-electron chi connectivity index (χ1n) is 8.59. The second kappa shape index (κ2) is 8.12. The number of nitrogens with zero attached hydrogens (tertiary/aromatic N) is 1. The molecule has 0 saturated carbocycles. The number of carbonyl (C=O) groups is 1. The second-order valence-electron chi connectivity index (χ2n) is 6.24. The van der Waals surface area contributed by atoms with Gasteiger partial charge in [-0.25, -0.2) is 4.98 Å². The fraction of sp³-hybridized carbons (Fsp3) is 0.143. The largest absolute Gasteiger partial charge is 0.416 e. The van der Waals surface area contributed by atoms with Gasteiger partial charge in [-0.15, -0.1) is 0 Å². The fourth-order valence-corrected chi connectivity index (χ4v) is 2.67. The van der Waals surface area contributed by atoms with Gasteiger partial charge in [0.15, 0.2) is 0 Å². The Bertz CT molecular complexity index is 958. The zero-order valence-electron chi connectivity index (χ0n) is 15.0. The van der Waals surface area contributed by atoms with E-state index in [4.69, 9.17) is 0 Å². The third-order valence-electron chi connectivity index (χ3n) is 4.13. The van der Waals surface area contributed by atoms with Gasteiger partial charge in [-0.2, -0.15) is 13.2 Å². The van der Waals surface area contributed by atoms with E-state index < -0.39 is 11.7 Å². The van der Waals surface area contributed by atoms with Crippen LogP contribution in [0.4, 0.5) is 24.7 Å². The highest BCUT2D eigenvalue weighted by Gasteiger charge is 2.30. The van der Waals surface area contributed by atoms with Crippen LogP contribution < -0.4 is 10.6 Å². The summed E-state index contributed by atoms with van der Waals surface area (Å²) in [6.45, 7) is 1.87.